The van der Waals surface area contributed by atoms with Gasteiger partial charge in [-0.15, -0.1) is 0 Å². The molecule has 116 valence electrons. The second-order valence-electron chi connectivity index (χ2n) is 5.48. The van der Waals surface area contributed by atoms with Crippen LogP contribution in [0.25, 0.3) is 22.2 Å². The highest BCUT2D eigenvalue weighted by Crippen LogP contribution is 2.33. The molecular weight excluding hydrogens is 298 g/mol. The first-order valence-corrected chi connectivity index (χ1v) is 7.72. The van der Waals surface area contributed by atoms with Crippen LogP contribution < -0.4 is 4.74 Å². The van der Waals surface area contributed by atoms with Gasteiger partial charge in [-0.2, -0.15) is 0 Å². The third-order valence-electron chi connectivity index (χ3n) is 3.81. The molecule has 3 heteroatoms. The monoisotopic (exact) mass is 313 g/mol. The van der Waals surface area contributed by atoms with Gasteiger partial charge in [0.15, 0.2) is 0 Å². The van der Waals surface area contributed by atoms with Gasteiger partial charge in [-0.1, -0.05) is 30.3 Å². The number of pyridine rings is 1. The van der Waals surface area contributed by atoms with Crippen molar-refractivity contribution >= 4 is 10.9 Å². The number of rotatable bonds is 3. The molecule has 1 heterocycles. The third-order valence-corrected chi connectivity index (χ3v) is 3.81. The Morgan fingerprint density at radius 1 is 0.750 bits per heavy atom. The van der Waals surface area contributed by atoms with Gasteiger partial charge in [0.05, 0.1) is 11.2 Å². The van der Waals surface area contributed by atoms with E-state index in [0.717, 1.165) is 33.7 Å². The molecule has 24 heavy (non-hydrogen) atoms. The average Bonchev–Trinajstić information content (AvgIpc) is 2.63. The predicted octanol–water partition coefficient (Wildman–Crippen LogP) is 5.40. The van der Waals surface area contributed by atoms with Crippen molar-refractivity contribution in [2.75, 3.05) is 0 Å². The van der Waals surface area contributed by atoms with Gasteiger partial charge in [-0.05, 0) is 48.5 Å². The molecule has 0 spiro atoms. The Kier molecular flexibility index (Phi) is 3.60. The van der Waals surface area contributed by atoms with Crippen LogP contribution in [0, 0.1) is 0 Å². The normalized spacial score (nSPS) is 10.7. The Balaban J connectivity index is 1.86. The molecule has 3 nitrogen and oxygen atoms in total. The number of aromatic nitrogens is 1. The zero-order valence-corrected chi connectivity index (χ0v) is 12.9. The molecule has 1 aromatic heterocycles. The second kappa shape index (κ2) is 6.05. The van der Waals surface area contributed by atoms with Crippen molar-refractivity contribution < 1.29 is 9.84 Å². The maximum Gasteiger partial charge on any atom is 0.138 e. The molecular formula is C21H15NO2. The zero-order valence-electron chi connectivity index (χ0n) is 12.9. The van der Waals surface area contributed by atoms with Crippen LogP contribution in [0.1, 0.15) is 0 Å². The molecule has 0 aliphatic rings. The highest BCUT2D eigenvalue weighted by molar-refractivity contribution is 5.88. The maximum absolute atomic E-state index is 9.48. The summed E-state index contributed by atoms with van der Waals surface area (Å²) in [6.45, 7) is 0. The van der Waals surface area contributed by atoms with Gasteiger partial charge in [-0.3, -0.25) is 0 Å². The molecule has 0 saturated heterocycles. The smallest absolute Gasteiger partial charge is 0.138 e. The maximum atomic E-state index is 9.48. The number of nitrogens with zero attached hydrogens (tertiary/aromatic N) is 1. The first-order chi connectivity index (χ1) is 11.8. The number of hydrogen-bond acceptors (Lipinski definition) is 3. The van der Waals surface area contributed by atoms with Crippen LogP contribution in [0.15, 0.2) is 84.9 Å². The van der Waals surface area contributed by atoms with Gasteiger partial charge >= 0.3 is 0 Å². The first-order valence-electron chi connectivity index (χ1n) is 7.72. The van der Waals surface area contributed by atoms with E-state index in [9.17, 15) is 5.11 Å². The molecule has 1 N–H and O–H groups in total. The molecule has 0 saturated carbocycles. The lowest BCUT2D eigenvalue weighted by atomic mass is 10.1. The minimum absolute atomic E-state index is 0.236. The lowest BCUT2D eigenvalue weighted by molar-refractivity contribution is 0.475. The van der Waals surface area contributed by atoms with E-state index in [1.54, 1.807) is 12.1 Å². The van der Waals surface area contributed by atoms with Crippen molar-refractivity contribution in [2.24, 2.45) is 0 Å². The first kappa shape index (κ1) is 14.3. The van der Waals surface area contributed by atoms with Gasteiger partial charge in [0.1, 0.15) is 17.2 Å². The number of benzene rings is 3. The van der Waals surface area contributed by atoms with Crippen LogP contribution in [-0.4, -0.2) is 10.1 Å². The standard InChI is InChI=1S/C21H15NO2/c23-16-12-10-15(11-13-16)20-14-21(24-17-6-2-1-3-7-17)18-8-4-5-9-19(18)22-20/h1-14,23H. The largest absolute Gasteiger partial charge is 0.508 e. The lowest BCUT2D eigenvalue weighted by Gasteiger charge is -2.11. The summed E-state index contributed by atoms with van der Waals surface area (Å²) in [7, 11) is 0. The van der Waals surface area contributed by atoms with Crippen molar-refractivity contribution in [2.45, 2.75) is 0 Å². The van der Waals surface area contributed by atoms with Crippen molar-refractivity contribution in [3.8, 4) is 28.5 Å². The highest BCUT2D eigenvalue weighted by Gasteiger charge is 2.09. The van der Waals surface area contributed by atoms with Gasteiger partial charge in [0.2, 0.25) is 0 Å². The van der Waals surface area contributed by atoms with Crippen LogP contribution in [0.3, 0.4) is 0 Å². The highest BCUT2D eigenvalue weighted by atomic mass is 16.5. The van der Waals surface area contributed by atoms with Crippen molar-refractivity contribution in [1.29, 1.82) is 0 Å². The summed E-state index contributed by atoms with van der Waals surface area (Å²) < 4.78 is 6.09. The quantitative estimate of drug-likeness (QED) is 0.550. The Bertz CT molecular complexity index is 980. The number of phenolic OH excluding ortho intramolecular Hbond substituents is 1. The Hall–Kier alpha value is -3.33. The van der Waals surface area contributed by atoms with Gasteiger partial charge in [0.25, 0.3) is 0 Å². The van der Waals surface area contributed by atoms with Crippen LogP contribution in [0.4, 0.5) is 0 Å². The molecule has 0 unspecified atom stereocenters. The van der Waals surface area contributed by atoms with E-state index in [4.69, 9.17) is 9.72 Å². The van der Waals surface area contributed by atoms with Crippen LogP contribution >= 0.6 is 0 Å². The number of ether oxygens (including phenoxy) is 1. The van der Waals surface area contributed by atoms with E-state index in [-0.39, 0.29) is 5.75 Å². The fourth-order valence-electron chi connectivity index (χ4n) is 2.62. The average molecular weight is 313 g/mol. The third kappa shape index (κ3) is 2.79. The van der Waals surface area contributed by atoms with Crippen LogP contribution in [0.5, 0.6) is 17.2 Å². The van der Waals surface area contributed by atoms with Crippen LogP contribution in [-0.2, 0) is 0 Å². The van der Waals surface area contributed by atoms with Crippen LogP contribution in [0.2, 0.25) is 0 Å². The Morgan fingerprint density at radius 3 is 2.25 bits per heavy atom. The number of phenols is 1. The number of hydrogen-bond donors (Lipinski definition) is 1. The minimum Gasteiger partial charge on any atom is -0.508 e. The summed E-state index contributed by atoms with van der Waals surface area (Å²) in [5.41, 5.74) is 2.60. The van der Waals surface area contributed by atoms with Crippen molar-refractivity contribution in [3.63, 3.8) is 0 Å². The fraction of sp³-hybridized carbons (Fsp3) is 0. The SMILES string of the molecule is Oc1ccc(-c2cc(Oc3ccccc3)c3ccccc3n2)cc1. The van der Waals surface area contributed by atoms with E-state index in [1.165, 1.54) is 0 Å². The number of para-hydroxylation sites is 2. The summed E-state index contributed by atoms with van der Waals surface area (Å²) in [6.07, 6.45) is 0. The molecule has 0 bridgehead atoms. The molecule has 3 aromatic carbocycles. The molecule has 0 fully saturated rings. The topological polar surface area (TPSA) is 42.4 Å². The molecule has 0 radical (unpaired) electrons. The summed E-state index contributed by atoms with van der Waals surface area (Å²) in [4.78, 5) is 4.72. The molecule has 0 aliphatic carbocycles. The van der Waals surface area contributed by atoms with E-state index < -0.39 is 0 Å². The van der Waals surface area contributed by atoms with Crippen molar-refractivity contribution in [1.82, 2.24) is 4.98 Å². The lowest BCUT2D eigenvalue weighted by Crippen LogP contribution is -1.91. The zero-order chi connectivity index (χ0) is 16.4. The van der Waals surface area contributed by atoms with Crippen molar-refractivity contribution in [3.05, 3.63) is 84.9 Å². The van der Waals surface area contributed by atoms with E-state index in [1.807, 2.05) is 72.8 Å². The number of aromatic hydroxyl groups is 1. The molecule has 4 aromatic rings. The van der Waals surface area contributed by atoms with E-state index in [2.05, 4.69) is 0 Å². The Morgan fingerprint density at radius 2 is 1.46 bits per heavy atom. The predicted molar refractivity (Wildman–Crippen MR) is 95.4 cm³/mol. The van der Waals surface area contributed by atoms with Gasteiger partial charge in [-0.25, -0.2) is 4.98 Å². The summed E-state index contributed by atoms with van der Waals surface area (Å²) >= 11 is 0. The second-order valence-corrected chi connectivity index (χ2v) is 5.48. The molecule has 0 aliphatic heterocycles. The molecule has 0 amide bonds. The fourth-order valence-corrected chi connectivity index (χ4v) is 2.62. The van der Waals surface area contributed by atoms with E-state index in [0.29, 0.717) is 0 Å². The summed E-state index contributed by atoms with van der Waals surface area (Å²) in [5, 5.41) is 10.4. The summed E-state index contributed by atoms with van der Waals surface area (Å²) in [5.74, 6) is 1.78. The molecule has 4 rings (SSSR count). The van der Waals surface area contributed by atoms with E-state index >= 15 is 0 Å². The molecule has 0 atom stereocenters. The van der Waals surface area contributed by atoms with Gasteiger partial charge in [0, 0.05) is 17.0 Å². The Labute approximate surface area is 139 Å². The summed E-state index contributed by atoms with van der Waals surface area (Å²) in [6, 6.07) is 26.5. The number of fused-ring (bicyclic) bond motifs is 1. The van der Waals surface area contributed by atoms with Gasteiger partial charge < -0.3 is 9.84 Å². The minimum atomic E-state index is 0.236.